The SMILES string of the molecule is CCCCCOc1ccc(C2C(=C(O)c3ccc(Cl)cc3)C(=O)C(=O)N2CCCOC)cc1OCC. The Bertz CT molecular complexity index is 1080. The molecule has 8 heteroatoms. The first-order valence-electron chi connectivity index (χ1n) is 12.4. The minimum absolute atomic E-state index is 0.0267. The highest BCUT2D eigenvalue weighted by Crippen LogP contribution is 2.42. The molecule has 36 heavy (non-hydrogen) atoms. The van der Waals surface area contributed by atoms with Crippen LogP contribution in [-0.4, -0.2) is 55.2 Å². The van der Waals surface area contributed by atoms with E-state index in [1.54, 1.807) is 43.5 Å². The number of rotatable bonds is 13. The molecule has 0 saturated carbocycles. The monoisotopic (exact) mass is 515 g/mol. The summed E-state index contributed by atoms with van der Waals surface area (Å²) in [7, 11) is 1.58. The first-order valence-corrected chi connectivity index (χ1v) is 12.7. The number of hydrogen-bond acceptors (Lipinski definition) is 6. The number of hydrogen-bond donors (Lipinski definition) is 1. The number of methoxy groups -OCH3 is 1. The third kappa shape index (κ3) is 6.39. The van der Waals surface area contributed by atoms with E-state index in [-0.39, 0.29) is 11.3 Å². The normalized spacial score (nSPS) is 17.0. The van der Waals surface area contributed by atoms with Crippen molar-refractivity contribution < 1.29 is 28.9 Å². The van der Waals surface area contributed by atoms with Crippen LogP contribution < -0.4 is 9.47 Å². The quantitative estimate of drug-likeness (QED) is 0.158. The van der Waals surface area contributed by atoms with E-state index < -0.39 is 17.7 Å². The summed E-state index contributed by atoms with van der Waals surface area (Å²) in [5.41, 5.74) is 1.07. The van der Waals surface area contributed by atoms with E-state index in [1.165, 1.54) is 4.90 Å². The fraction of sp³-hybridized carbons (Fsp3) is 0.429. The van der Waals surface area contributed by atoms with Gasteiger partial charge in [-0.15, -0.1) is 0 Å². The van der Waals surface area contributed by atoms with Gasteiger partial charge in [0.25, 0.3) is 11.7 Å². The molecule has 3 rings (SSSR count). The van der Waals surface area contributed by atoms with Crippen LogP contribution in [0.3, 0.4) is 0 Å². The second-order valence-corrected chi connectivity index (χ2v) is 8.98. The standard InChI is InChI=1S/C28H34ClNO6/c1-4-6-7-17-36-22-14-11-20(18-23(22)35-5-2)25-24(26(31)19-9-12-21(29)13-10-19)27(32)28(33)30(25)15-8-16-34-3/h9-14,18,25,31H,4-8,15-17H2,1-3H3. The van der Waals surface area contributed by atoms with Crippen molar-refractivity contribution in [3.63, 3.8) is 0 Å². The molecule has 1 N–H and O–H groups in total. The zero-order chi connectivity index (χ0) is 26.1. The molecular formula is C28H34ClNO6. The highest BCUT2D eigenvalue weighted by molar-refractivity contribution is 6.46. The summed E-state index contributed by atoms with van der Waals surface area (Å²) in [6, 6.07) is 11.1. The van der Waals surface area contributed by atoms with Crippen LogP contribution in [0.4, 0.5) is 0 Å². The molecule has 194 valence electrons. The van der Waals surface area contributed by atoms with Crippen LogP contribution in [0.1, 0.15) is 56.7 Å². The average molecular weight is 516 g/mol. The molecule has 1 atom stereocenters. The van der Waals surface area contributed by atoms with Crippen molar-refractivity contribution in [3.05, 3.63) is 64.2 Å². The summed E-state index contributed by atoms with van der Waals surface area (Å²) < 4.78 is 16.9. The van der Waals surface area contributed by atoms with Gasteiger partial charge in [0.1, 0.15) is 5.76 Å². The van der Waals surface area contributed by atoms with Gasteiger partial charge in [0.05, 0.1) is 24.8 Å². The number of unbranched alkanes of at least 4 members (excludes halogenated alkanes) is 2. The third-order valence-electron chi connectivity index (χ3n) is 5.99. The predicted octanol–water partition coefficient (Wildman–Crippen LogP) is 5.77. The lowest BCUT2D eigenvalue weighted by Gasteiger charge is -2.26. The van der Waals surface area contributed by atoms with Crippen LogP contribution in [0.15, 0.2) is 48.0 Å². The molecule has 0 spiro atoms. The largest absolute Gasteiger partial charge is 0.507 e. The Morgan fingerprint density at radius 2 is 1.72 bits per heavy atom. The summed E-state index contributed by atoms with van der Waals surface area (Å²) in [6.07, 6.45) is 3.64. The third-order valence-corrected chi connectivity index (χ3v) is 6.25. The van der Waals surface area contributed by atoms with Gasteiger partial charge in [0, 0.05) is 30.8 Å². The summed E-state index contributed by atoms with van der Waals surface area (Å²) >= 11 is 6.00. The number of carbonyl (C=O) groups excluding carboxylic acids is 2. The van der Waals surface area contributed by atoms with Gasteiger partial charge in [0.2, 0.25) is 0 Å². The number of amides is 1. The van der Waals surface area contributed by atoms with Crippen molar-refractivity contribution in [1.82, 2.24) is 4.90 Å². The Balaban J connectivity index is 2.06. The van der Waals surface area contributed by atoms with E-state index in [9.17, 15) is 14.7 Å². The first kappa shape index (κ1) is 27.6. The number of halogens is 1. The minimum Gasteiger partial charge on any atom is -0.507 e. The van der Waals surface area contributed by atoms with E-state index in [4.69, 9.17) is 25.8 Å². The van der Waals surface area contributed by atoms with Gasteiger partial charge < -0.3 is 24.2 Å². The Hall–Kier alpha value is -3.03. The topological polar surface area (TPSA) is 85.3 Å². The summed E-state index contributed by atoms with van der Waals surface area (Å²) in [6.45, 7) is 5.73. The second kappa shape index (κ2) is 13.3. The van der Waals surface area contributed by atoms with Gasteiger partial charge in [-0.3, -0.25) is 9.59 Å². The molecule has 0 radical (unpaired) electrons. The smallest absolute Gasteiger partial charge is 0.295 e. The van der Waals surface area contributed by atoms with Crippen molar-refractivity contribution in [2.24, 2.45) is 0 Å². The molecule has 2 aromatic rings. The Kier molecular flexibility index (Phi) is 10.2. The molecule has 1 saturated heterocycles. The number of carbonyl (C=O) groups is 2. The molecule has 1 fully saturated rings. The number of aliphatic hydroxyl groups is 1. The highest BCUT2D eigenvalue weighted by Gasteiger charge is 2.46. The maximum absolute atomic E-state index is 13.2. The minimum atomic E-state index is -0.786. The number of ether oxygens (including phenoxy) is 3. The van der Waals surface area contributed by atoms with Gasteiger partial charge in [-0.25, -0.2) is 0 Å². The molecule has 1 aliphatic rings. The van der Waals surface area contributed by atoms with E-state index in [2.05, 4.69) is 6.92 Å². The molecule has 1 amide bonds. The molecule has 1 unspecified atom stereocenters. The van der Waals surface area contributed by atoms with Crippen molar-refractivity contribution in [1.29, 1.82) is 0 Å². The first-order chi connectivity index (χ1) is 17.4. The molecule has 2 aromatic carbocycles. The van der Waals surface area contributed by atoms with Crippen LogP contribution in [0.25, 0.3) is 5.76 Å². The molecule has 0 aliphatic carbocycles. The van der Waals surface area contributed by atoms with Crippen LogP contribution in [0.5, 0.6) is 11.5 Å². The van der Waals surface area contributed by atoms with Crippen LogP contribution in [-0.2, 0) is 14.3 Å². The lowest BCUT2D eigenvalue weighted by Crippen LogP contribution is -2.31. The summed E-state index contributed by atoms with van der Waals surface area (Å²) in [4.78, 5) is 27.7. The van der Waals surface area contributed by atoms with Crippen LogP contribution >= 0.6 is 11.6 Å². The highest BCUT2D eigenvalue weighted by atomic mass is 35.5. The zero-order valence-electron chi connectivity index (χ0n) is 21.1. The Morgan fingerprint density at radius 3 is 2.39 bits per heavy atom. The van der Waals surface area contributed by atoms with Crippen molar-refractivity contribution in [2.75, 3.05) is 33.5 Å². The maximum Gasteiger partial charge on any atom is 0.295 e. The lowest BCUT2D eigenvalue weighted by atomic mass is 9.95. The predicted molar refractivity (Wildman–Crippen MR) is 140 cm³/mol. The summed E-state index contributed by atoms with van der Waals surface area (Å²) in [5, 5.41) is 11.7. The number of likely N-dealkylation sites (tertiary alicyclic amines) is 1. The summed E-state index contributed by atoms with van der Waals surface area (Å²) in [5.74, 6) is -0.513. The van der Waals surface area contributed by atoms with Crippen LogP contribution in [0, 0.1) is 0 Å². The molecule has 0 bridgehead atoms. The van der Waals surface area contributed by atoms with Gasteiger partial charge >= 0.3 is 0 Å². The van der Waals surface area contributed by atoms with E-state index in [0.29, 0.717) is 60.4 Å². The van der Waals surface area contributed by atoms with Gasteiger partial charge in [-0.1, -0.05) is 37.4 Å². The molecule has 1 aliphatic heterocycles. The number of Topliss-reactive ketones (excluding diaryl/α,β-unsaturated/α-hetero) is 1. The second-order valence-electron chi connectivity index (χ2n) is 8.54. The molecule has 0 aromatic heterocycles. The fourth-order valence-corrected chi connectivity index (χ4v) is 4.34. The van der Waals surface area contributed by atoms with E-state index in [1.807, 2.05) is 13.0 Å². The molecule has 7 nitrogen and oxygen atoms in total. The van der Waals surface area contributed by atoms with Crippen LogP contribution in [0.2, 0.25) is 5.02 Å². The van der Waals surface area contributed by atoms with E-state index >= 15 is 0 Å². The van der Waals surface area contributed by atoms with E-state index in [0.717, 1.165) is 19.3 Å². The Labute approximate surface area is 217 Å². The number of aliphatic hydroxyl groups excluding tert-OH is 1. The van der Waals surface area contributed by atoms with Gasteiger partial charge in [-0.2, -0.15) is 0 Å². The molecule has 1 heterocycles. The zero-order valence-corrected chi connectivity index (χ0v) is 21.8. The number of nitrogens with zero attached hydrogens (tertiary/aromatic N) is 1. The average Bonchev–Trinajstić information content (AvgIpc) is 3.12. The van der Waals surface area contributed by atoms with Crippen molar-refractivity contribution in [3.8, 4) is 11.5 Å². The Morgan fingerprint density at radius 1 is 0.972 bits per heavy atom. The van der Waals surface area contributed by atoms with Gasteiger partial charge in [-0.05, 0) is 61.7 Å². The van der Waals surface area contributed by atoms with Gasteiger partial charge in [0.15, 0.2) is 11.5 Å². The fourth-order valence-electron chi connectivity index (χ4n) is 4.22. The molecular weight excluding hydrogens is 482 g/mol. The number of benzene rings is 2. The van der Waals surface area contributed by atoms with Crippen molar-refractivity contribution in [2.45, 2.75) is 45.6 Å². The maximum atomic E-state index is 13.2. The lowest BCUT2D eigenvalue weighted by molar-refractivity contribution is -0.140. The van der Waals surface area contributed by atoms with Crippen molar-refractivity contribution >= 4 is 29.1 Å². The number of ketones is 1.